The third kappa shape index (κ3) is 5.10. The van der Waals surface area contributed by atoms with Gasteiger partial charge in [0.2, 0.25) is 0 Å². The van der Waals surface area contributed by atoms with Crippen molar-refractivity contribution in [2.75, 3.05) is 13.2 Å². The molecule has 1 atom stereocenters. The normalized spacial score (nSPS) is 19.2. The monoisotopic (exact) mass is 258 g/mol. The van der Waals surface area contributed by atoms with Crippen molar-refractivity contribution in [3.05, 3.63) is 0 Å². The third-order valence-electron chi connectivity index (χ3n) is 3.52. The summed E-state index contributed by atoms with van der Waals surface area (Å²) < 4.78 is 12.4. The van der Waals surface area contributed by atoms with Crippen LogP contribution in [0, 0.1) is 0 Å². The Kier molecular flexibility index (Phi) is 7.40. The highest BCUT2D eigenvalue weighted by Gasteiger charge is 2.50. The number of hydrogen-bond acceptors (Lipinski definition) is 2. The maximum Gasteiger partial charge on any atom is 0.341 e. The zero-order valence-electron chi connectivity index (χ0n) is 12.0. The van der Waals surface area contributed by atoms with Crippen molar-refractivity contribution < 1.29 is 8.85 Å². The van der Waals surface area contributed by atoms with Crippen LogP contribution in [0.15, 0.2) is 0 Å². The summed E-state index contributed by atoms with van der Waals surface area (Å²) in [6, 6.07) is 1.23. The largest absolute Gasteiger partial charge is 0.394 e. The van der Waals surface area contributed by atoms with Gasteiger partial charge in [-0.15, -0.1) is 0 Å². The molecule has 0 radical (unpaired) electrons. The van der Waals surface area contributed by atoms with Crippen molar-refractivity contribution in [2.24, 2.45) is 0 Å². The molecule has 1 aliphatic rings. The Morgan fingerprint density at radius 3 is 2.24 bits per heavy atom. The lowest BCUT2D eigenvalue weighted by atomic mass is 10.2. The molecule has 0 heterocycles. The lowest BCUT2D eigenvalue weighted by Crippen LogP contribution is -2.43. The second-order valence-electron chi connectivity index (χ2n) is 5.18. The van der Waals surface area contributed by atoms with Gasteiger partial charge in [-0.3, -0.25) is 0 Å². The zero-order valence-corrected chi connectivity index (χ0v) is 13.0. The van der Waals surface area contributed by atoms with Gasteiger partial charge >= 0.3 is 8.56 Å². The van der Waals surface area contributed by atoms with Gasteiger partial charge in [-0.2, -0.15) is 0 Å². The maximum absolute atomic E-state index is 6.24. The minimum atomic E-state index is -1.83. The van der Waals surface area contributed by atoms with Crippen LogP contribution in [0.2, 0.25) is 11.6 Å². The molecule has 2 nitrogen and oxygen atoms in total. The van der Waals surface area contributed by atoms with Crippen LogP contribution in [-0.2, 0) is 8.85 Å². The Morgan fingerprint density at radius 2 is 1.71 bits per heavy atom. The fourth-order valence-corrected chi connectivity index (χ4v) is 6.55. The van der Waals surface area contributed by atoms with Crippen molar-refractivity contribution in [1.82, 2.24) is 0 Å². The van der Waals surface area contributed by atoms with Gasteiger partial charge in [-0.05, 0) is 32.2 Å². The Labute approximate surface area is 108 Å². The molecule has 0 bridgehead atoms. The predicted octanol–water partition coefficient (Wildman–Crippen LogP) is 4.64. The maximum atomic E-state index is 6.24. The Bertz CT molecular complexity index is 195. The van der Waals surface area contributed by atoms with E-state index in [2.05, 4.69) is 20.8 Å². The predicted molar refractivity (Wildman–Crippen MR) is 75.6 cm³/mol. The van der Waals surface area contributed by atoms with Gasteiger partial charge in [0.1, 0.15) is 0 Å². The molecule has 1 fully saturated rings. The van der Waals surface area contributed by atoms with Crippen molar-refractivity contribution >= 4 is 8.56 Å². The van der Waals surface area contributed by atoms with Crippen LogP contribution in [-0.4, -0.2) is 21.8 Å². The lowest BCUT2D eigenvalue weighted by molar-refractivity contribution is 0.171. The van der Waals surface area contributed by atoms with Crippen molar-refractivity contribution in [2.45, 2.75) is 77.3 Å². The molecule has 0 spiro atoms. The van der Waals surface area contributed by atoms with E-state index in [-0.39, 0.29) is 0 Å². The molecule has 0 aromatic carbocycles. The summed E-state index contributed by atoms with van der Waals surface area (Å²) in [5.41, 5.74) is 0.802. The molecule has 0 amide bonds. The topological polar surface area (TPSA) is 18.5 Å². The third-order valence-corrected chi connectivity index (χ3v) is 7.86. The standard InChI is InChI=1S/C14H30O2Si/c1-4-7-8-9-13-17(15-6-3,14-10-11-14)16-12-5-2/h14H,4-13H2,1-3H3. The number of rotatable bonds is 11. The molecule has 1 aliphatic carbocycles. The Balaban J connectivity index is 2.42. The van der Waals surface area contributed by atoms with Crippen molar-refractivity contribution in [3.63, 3.8) is 0 Å². The average molecular weight is 258 g/mol. The number of unbranched alkanes of at least 4 members (excludes halogenated alkanes) is 3. The molecule has 3 heteroatoms. The number of hydrogen-bond donors (Lipinski definition) is 0. The fourth-order valence-electron chi connectivity index (χ4n) is 2.47. The van der Waals surface area contributed by atoms with Crippen LogP contribution in [0.5, 0.6) is 0 Å². The average Bonchev–Trinajstić information content (AvgIpc) is 3.16. The van der Waals surface area contributed by atoms with Crippen molar-refractivity contribution in [3.8, 4) is 0 Å². The summed E-state index contributed by atoms with van der Waals surface area (Å²) in [5.74, 6) is 0. The minimum absolute atomic E-state index is 0.802. The Hall–Kier alpha value is 0.137. The summed E-state index contributed by atoms with van der Waals surface area (Å²) in [6.07, 6.45) is 9.13. The van der Waals surface area contributed by atoms with Crippen LogP contribution in [0.1, 0.15) is 65.7 Å². The summed E-state index contributed by atoms with van der Waals surface area (Å²) in [7, 11) is -1.83. The molecule has 102 valence electrons. The molecule has 1 unspecified atom stereocenters. The summed E-state index contributed by atoms with van der Waals surface area (Å²) in [5, 5.41) is 0. The zero-order chi connectivity index (χ0) is 12.6. The van der Waals surface area contributed by atoms with E-state index >= 15 is 0 Å². The van der Waals surface area contributed by atoms with Gasteiger partial charge in [-0.25, -0.2) is 0 Å². The van der Waals surface area contributed by atoms with Gasteiger partial charge in [-0.1, -0.05) is 39.5 Å². The lowest BCUT2D eigenvalue weighted by Gasteiger charge is -2.30. The molecule has 1 rings (SSSR count). The molecule has 0 aromatic heterocycles. The highest BCUT2D eigenvalue weighted by Crippen LogP contribution is 2.48. The van der Waals surface area contributed by atoms with E-state index in [4.69, 9.17) is 8.85 Å². The highest BCUT2D eigenvalue weighted by atomic mass is 28.4. The molecule has 0 saturated heterocycles. The second kappa shape index (κ2) is 8.28. The van der Waals surface area contributed by atoms with E-state index in [1.54, 1.807) is 0 Å². The molecule has 17 heavy (non-hydrogen) atoms. The Morgan fingerprint density at radius 1 is 0.941 bits per heavy atom. The van der Waals surface area contributed by atoms with Gasteiger partial charge in [0, 0.05) is 18.8 Å². The van der Waals surface area contributed by atoms with Crippen LogP contribution in [0.4, 0.5) is 0 Å². The van der Waals surface area contributed by atoms with E-state index in [0.29, 0.717) is 0 Å². The van der Waals surface area contributed by atoms with Crippen LogP contribution in [0.25, 0.3) is 0 Å². The van der Waals surface area contributed by atoms with Crippen LogP contribution >= 0.6 is 0 Å². The first-order valence-corrected chi connectivity index (χ1v) is 9.67. The molecule has 0 aromatic rings. The second-order valence-corrected chi connectivity index (χ2v) is 8.70. The quantitative estimate of drug-likeness (QED) is 0.397. The van der Waals surface area contributed by atoms with Crippen LogP contribution < -0.4 is 0 Å². The summed E-state index contributed by atoms with van der Waals surface area (Å²) in [4.78, 5) is 0. The summed E-state index contributed by atoms with van der Waals surface area (Å²) in [6.45, 7) is 8.30. The molecular formula is C14H30O2Si. The van der Waals surface area contributed by atoms with Crippen molar-refractivity contribution in [1.29, 1.82) is 0 Å². The highest BCUT2D eigenvalue weighted by molar-refractivity contribution is 6.69. The van der Waals surface area contributed by atoms with E-state index in [9.17, 15) is 0 Å². The molecule has 0 N–H and O–H groups in total. The van der Waals surface area contributed by atoms with Gasteiger partial charge in [0.15, 0.2) is 0 Å². The van der Waals surface area contributed by atoms with Gasteiger partial charge in [0.25, 0.3) is 0 Å². The van der Waals surface area contributed by atoms with Crippen LogP contribution in [0.3, 0.4) is 0 Å². The van der Waals surface area contributed by atoms with E-state index < -0.39 is 8.56 Å². The fraction of sp³-hybridized carbons (Fsp3) is 1.00. The first kappa shape index (κ1) is 15.2. The van der Waals surface area contributed by atoms with E-state index in [0.717, 1.165) is 25.2 Å². The molecule has 0 aliphatic heterocycles. The first-order chi connectivity index (χ1) is 8.29. The smallest absolute Gasteiger partial charge is 0.341 e. The molecule has 1 saturated carbocycles. The van der Waals surface area contributed by atoms with E-state index in [1.165, 1.54) is 44.6 Å². The first-order valence-electron chi connectivity index (χ1n) is 7.57. The molecular weight excluding hydrogens is 228 g/mol. The minimum Gasteiger partial charge on any atom is -0.394 e. The van der Waals surface area contributed by atoms with Gasteiger partial charge < -0.3 is 8.85 Å². The van der Waals surface area contributed by atoms with Gasteiger partial charge in [0.05, 0.1) is 0 Å². The SMILES string of the molecule is CCCCCC[Si](OCC)(OCCC)C1CC1. The summed E-state index contributed by atoms with van der Waals surface area (Å²) >= 11 is 0. The van der Waals surface area contributed by atoms with E-state index in [1.807, 2.05) is 0 Å².